The number of nitrogens with zero attached hydrogens (tertiary/aromatic N) is 2. The van der Waals surface area contributed by atoms with Gasteiger partial charge in [-0.3, -0.25) is 4.79 Å². The number of benzene rings is 1. The van der Waals surface area contributed by atoms with E-state index in [0.717, 1.165) is 18.7 Å². The van der Waals surface area contributed by atoms with Crippen LogP contribution in [0.2, 0.25) is 0 Å². The highest BCUT2D eigenvalue weighted by molar-refractivity contribution is 5.85. The van der Waals surface area contributed by atoms with Crippen molar-refractivity contribution in [1.82, 2.24) is 9.80 Å². The first-order valence-corrected chi connectivity index (χ1v) is 6.72. The third-order valence-electron chi connectivity index (χ3n) is 3.12. The van der Waals surface area contributed by atoms with Crippen LogP contribution in [-0.4, -0.2) is 49.4 Å². The highest BCUT2D eigenvalue weighted by Crippen LogP contribution is 2.08. The molecule has 0 bridgehead atoms. The van der Waals surface area contributed by atoms with Crippen molar-refractivity contribution >= 4 is 18.3 Å². The largest absolute Gasteiger partial charge is 0.337 e. The maximum Gasteiger partial charge on any atom is 0.227 e. The SMILES string of the molecule is CC(CN)C(=O)N(CCN(C)C)Cc1ccccc1.Cl. The minimum absolute atomic E-state index is 0. The molecule has 1 unspecified atom stereocenters. The predicted molar refractivity (Wildman–Crippen MR) is 85.9 cm³/mol. The number of nitrogens with two attached hydrogens (primary N) is 1. The Balaban J connectivity index is 0.00000361. The van der Waals surface area contributed by atoms with Gasteiger partial charge in [0.15, 0.2) is 0 Å². The molecule has 0 saturated carbocycles. The van der Waals surface area contributed by atoms with Crippen LogP contribution in [0.5, 0.6) is 0 Å². The van der Waals surface area contributed by atoms with Gasteiger partial charge in [0.25, 0.3) is 0 Å². The van der Waals surface area contributed by atoms with Crippen LogP contribution in [0, 0.1) is 5.92 Å². The number of rotatable bonds is 7. The van der Waals surface area contributed by atoms with E-state index >= 15 is 0 Å². The molecule has 0 fully saturated rings. The summed E-state index contributed by atoms with van der Waals surface area (Å²) >= 11 is 0. The number of hydrogen-bond acceptors (Lipinski definition) is 3. The summed E-state index contributed by atoms with van der Waals surface area (Å²) in [5.74, 6) is 0.0130. The number of carbonyl (C=O) groups excluding carboxylic acids is 1. The topological polar surface area (TPSA) is 49.6 Å². The number of amides is 1. The minimum Gasteiger partial charge on any atom is -0.337 e. The van der Waals surface area contributed by atoms with E-state index in [9.17, 15) is 4.79 Å². The molecule has 0 aliphatic heterocycles. The summed E-state index contributed by atoms with van der Waals surface area (Å²) in [6, 6.07) is 10.1. The lowest BCUT2D eigenvalue weighted by Gasteiger charge is -2.27. The Morgan fingerprint density at radius 1 is 1.20 bits per heavy atom. The summed E-state index contributed by atoms with van der Waals surface area (Å²) in [7, 11) is 4.02. The molecule has 1 rings (SSSR count). The zero-order valence-corrected chi connectivity index (χ0v) is 13.4. The van der Waals surface area contributed by atoms with Crippen LogP contribution in [0.4, 0.5) is 0 Å². The average molecular weight is 300 g/mol. The van der Waals surface area contributed by atoms with Gasteiger partial charge in [-0.2, -0.15) is 0 Å². The van der Waals surface area contributed by atoms with Crippen molar-refractivity contribution in [2.45, 2.75) is 13.5 Å². The van der Waals surface area contributed by atoms with Gasteiger partial charge in [-0.15, -0.1) is 12.4 Å². The van der Waals surface area contributed by atoms with Crippen LogP contribution in [0.15, 0.2) is 30.3 Å². The Hall–Kier alpha value is -1.10. The van der Waals surface area contributed by atoms with E-state index in [0.29, 0.717) is 13.1 Å². The normalized spacial score (nSPS) is 11.8. The van der Waals surface area contributed by atoms with Gasteiger partial charge in [0.2, 0.25) is 5.91 Å². The molecule has 20 heavy (non-hydrogen) atoms. The second kappa shape index (κ2) is 9.75. The standard InChI is InChI=1S/C15H25N3O.ClH/c1-13(11-16)15(19)18(10-9-17(2)3)12-14-7-5-4-6-8-14;/h4-8,13H,9-12,16H2,1-3H3;1H. The van der Waals surface area contributed by atoms with Crippen LogP contribution in [0.1, 0.15) is 12.5 Å². The Morgan fingerprint density at radius 3 is 2.30 bits per heavy atom. The van der Waals surface area contributed by atoms with Crippen LogP contribution in [0.25, 0.3) is 0 Å². The van der Waals surface area contributed by atoms with Crippen molar-refractivity contribution in [2.75, 3.05) is 33.7 Å². The van der Waals surface area contributed by atoms with E-state index in [-0.39, 0.29) is 24.2 Å². The quantitative estimate of drug-likeness (QED) is 0.832. The number of halogens is 1. The summed E-state index contributed by atoms with van der Waals surface area (Å²) < 4.78 is 0. The van der Waals surface area contributed by atoms with Gasteiger partial charge in [0.05, 0.1) is 0 Å². The average Bonchev–Trinajstić information content (AvgIpc) is 2.42. The molecule has 4 nitrogen and oxygen atoms in total. The van der Waals surface area contributed by atoms with E-state index < -0.39 is 0 Å². The van der Waals surface area contributed by atoms with Gasteiger partial charge in [-0.05, 0) is 19.7 Å². The molecule has 0 saturated heterocycles. The van der Waals surface area contributed by atoms with E-state index in [4.69, 9.17) is 5.73 Å². The van der Waals surface area contributed by atoms with E-state index in [1.807, 2.05) is 56.3 Å². The van der Waals surface area contributed by atoms with Crippen molar-refractivity contribution in [3.05, 3.63) is 35.9 Å². The second-order valence-electron chi connectivity index (χ2n) is 5.19. The molecule has 2 N–H and O–H groups in total. The summed E-state index contributed by atoms with van der Waals surface area (Å²) in [5, 5.41) is 0. The fourth-order valence-electron chi connectivity index (χ4n) is 1.80. The highest BCUT2D eigenvalue weighted by Gasteiger charge is 2.19. The molecule has 0 aromatic heterocycles. The molecule has 0 aliphatic rings. The summed E-state index contributed by atoms with van der Waals surface area (Å²) in [6.07, 6.45) is 0. The summed E-state index contributed by atoms with van der Waals surface area (Å²) in [5.41, 5.74) is 6.75. The molecule has 0 radical (unpaired) electrons. The molecule has 1 aromatic carbocycles. The second-order valence-corrected chi connectivity index (χ2v) is 5.19. The zero-order chi connectivity index (χ0) is 14.3. The molecule has 1 aromatic rings. The van der Waals surface area contributed by atoms with Gasteiger partial charge in [0, 0.05) is 32.1 Å². The molecule has 114 valence electrons. The molecule has 0 heterocycles. The molecule has 1 amide bonds. The first-order chi connectivity index (χ1) is 9.04. The number of likely N-dealkylation sites (N-methyl/N-ethyl adjacent to an activating group) is 1. The van der Waals surface area contributed by atoms with E-state index in [2.05, 4.69) is 4.90 Å². The molecule has 0 aliphatic carbocycles. The lowest BCUT2D eigenvalue weighted by Crippen LogP contribution is -2.41. The van der Waals surface area contributed by atoms with Crippen molar-refractivity contribution in [2.24, 2.45) is 11.7 Å². The first kappa shape index (κ1) is 18.9. The first-order valence-electron chi connectivity index (χ1n) is 6.72. The monoisotopic (exact) mass is 299 g/mol. The fraction of sp³-hybridized carbons (Fsp3) is 0.533. The fourth-order valence-corrected chi connectivity index (χ4v) is 1.80. The van der Waals surface area contributed by atoms with Crippen molar-refractivity contribution < 1.29 is 4.79 Å². The maximum absolute atomic E-state index is 12.3. The Kier molecular flexibility index (Phi) is 9.21. The van der Waals surface area contributed by atoms with Crippen LogP contribution in [0.3, 0.4) is 0 Å². The molecule has 1 atom stereocenters. The summed E-state index contributed by atoms with van der Waals surface area (Å²) in [6.45, 7) is 4.51. The van der Waals surface area contributed by atoms with Gasteiger partial charge >= 0.3 is 0 Å². The Morgan fingerprint density at radius 2 is 1.80 bits per heavy atom. The summed E-state index contributed by atoms with van der Waals surface area (Å²) in [4.78, 5) is 16.3. The van der Waals surface area contributed by atoms with E-state index in [1.165, 1.54) is 0 Å². The highest BCUT2D eigenvalue weighted by atomic mass is 35.5. The van der Waals surface area contributed by atoms with Gasteiger partial charge in [0.1, 0.15) is 0 Å². The smallest absolute Gasteiger partial charge is 0.227 e. The Labute approximate surface area is 128 Å². The van der Waals surface area contributed by atoms with Crippen molar-refractivity contribution in [1.29, 1.82) is 0 Å². The predicted octanol–water partition coefficient (Wildman–Crippen LogP) is 1.59. The molecular formula is C15H26ClN3O. The zero-order valence-electron chi connectivity index (χ0n) is 12.6. The van der Waals surface area contributed by atoms with Crippen LogP contribution < -0.4 is 5.73 Å². The van der Waals surface area contributed by atoms with Gasteiger partial charge in [-0.25, -0.2) is 0 Å². The third kappa shape index (κ3) is 6.37. The van der Waals surface area contributed by atoms with Crippen molar-refractivity contribution in [3.63, 3.8) is 0 Å². The van der Waals surface area contributed by atoms with Crippen LogP contribution in [-0.2, 0) is 11.3 Å². The molecule has 5 heteroatoms. The Bertz CT molecular complexity index is 384. The lowest BCUT2D eigenvalue weighted by atomic mass is 10.1. The maximum atomic E-state index is 12.3. The lowest BCUT2D eigenvalue weighted by molar-refractivity contribution is -0.135. The van der Waals surface area contributed by atoms with Crippen molar-refractivity contribution in [3.8, 4) is 0 Å². The van der Waals surface area contributed by atoms with Gasteiger partial charge < -0.3 is 15.5 Å². The van der Waals surface area contributed by atoms with Gasteiger partial charge in [-0.1, -0.05) is 37.3 Å². The molecular weight excluding hydrogens is 274 g/mol. The third-order valence-corrected chi connectivity index (χ3v) is 3.12. The number of hydrogen-bond donors (Lipinski definition) is 1. The van der Waals surface area contributed by atoms with E-state index in [1.54, 1.807) is 0 Å². The van der Waals surface area contributed by atoms with Crippen LogP contribution >= 0.6 is 12.4 Å². The molecule has 0 spiro atoms. The minimum atomic E-state index is -0.120. The number of carbonyl (C=O) groups is 1.